The molecule has 0 saturated heterocycles. The average Bonchev–Trinajstić information content (AvgIpc) is 2.63. The molecule has 0 saturated carbocycles. The summed E-state index contributed by atoms with van der Waals surface area (Å²) in [5.74, 6) is 1.23. The lowest BCUT2D eigenvalue weighted by atomic mass is 10.1. The SMILES string of the molecule is CCCCNc1cc(Oc2ccccc2CCCCF)ccc1[N+](=O)[O-]. The number of para-hydroxylation sites is 1. The highest BCUT2D eigenvalue weighted by molar-refractivity contribution is 5.64. The Kier molecular flexibility index (Phi) is 7.86. The molecule has 2 aromatic carbocycles. The van der Waals surface area contributed by atoms with E-state index in [2.05, 4.69) is 12.2 Å². The van der Waals surface area contributed by atoms with E-state index in [-0.39, 0.29) is 12.4 Å². The van der Waals surface area contributed by atoms with Crippen molar-refractivity contribution in [3.63, 3.8) is 0 Å². The first-order valence-electron chi connectivity index (χ1n) is 8.99. The number of alkyl halides is 1. The highest BCUT2D eigenvalue weighted by Crippen LogP contribution is 2.33. The van der Waals surface area contributed by atoms with Crippen LogP contribution in [0.5, 0.6) is 11.5 Å². The number of ether oxygens (including phenoxy) is 1. The minimum atomic E-state index is -0.400. The number of rotatable bonds is 11. The van der Waals surface area contributed by atoms with Gasteiger partial charge in [0, 0.05) is 18.7 Å². The Labute approximate surface area is 153 Å². The van der Waals surface area contributed by atoms with E-state index in [0.717, 1.165) is 31.2 Å². The summed E-state index contributed by atoms with van der Waals surface area (Å²) in [7, 11) is 0. The van der Waals surface area contributed by atoms with Gasteiger partial charge in [0.2, 0.25) is 0 Å². The van der Waals surface area contributed by atoms with Gasteiger partial charge in [-0.2, -0.15) is 0 Å². The zero-order chi connectivity index (χ0) is 18.8. The molecule has 1 N–H and O–H groups in total. The fourth-order valence-electron chi connectivity index (χ4n) is 2.63. The number of aryl methyl sites for hydroxylation is 1. The van der Waals surface area contributed by atoms with Crippen LogP contribution in [0.1, 0.15) is 38.2 Å². The van der Waals surface area contributed by atoms with E-state index < -0.39 is 4.92 Å². The lowest BCUT2D eigenvalue weighted by Crippen LogP contribution is -2.04. The Morgan fingerprint density at radius 2 is 1.96 bits per heavy atom. The number of anilines is 1. The van der Waals surface area contributed by atoms with Gasteiger partial charge in [0.25, 0.3) is 5.69 Å². The van der Waals surface area contributed by atoms with Crippen LogP contribution in [0, 0.1) is 10.1 Å². The second-order valence-corrected chi connectivity index (χ2v) is 6.07. The van der Waals surface area contributed by atoms with Crippen LogP contribution in [0.3, 0.4) is 0 Å². The summed E-state index contributed by atoms with van der Waals surface area (Å²) < 4.78 is 18.3. The van der Waals surface area contributed by atoms with Gasteiger partial charge in [0.05, 0.1) is 11.6 Å². The van der Waals surface area contributed by atoms with Crippen LogP contribution in [0.2, 0.25) is 0 Å². The molecule has 0 fully saturated rings. The van der Waals surface area contributed by atoms with E-state index in [1.807, 2.05) is 24.3 Å². The van der Waals surface area contributed by atoms with Gasteiger partial charge in [0.15, 0.2) is 0 Å². The highest BCUT2D eigenvalue weighted by atomic mass is 19.1. The van der Waals surface area contributed by atoms with Gasteiger partial charge >= 0.3 is 0 Å². The molecule has 0 bridgehead atoms. The van der Waals surface area contributed by atoms with Crippen LogP contribution >= 0.6 is 0 Å². The maximum Gasteiger partial charge on any atom is 0.292 e. The quantitative estimate of drug-likeness (QED) is 0.308. The maximum atomic E-state index is 12.3. The monoisotopic (exact) mass is 360 g/mol. The third-order valence-corrected chi connectivity index (χ3v) is 4.04. The predicted molar refractivity (Wildman–Crippen MR) is 102 cm³/mol. The van der Waals surface area contributed by atoms with Gasteiger partial charge in [-0.3, -0.25) is 14.5 Å². The standard InChI is InChI=1S/C20H25FN2O3/c1-2-3-14-22-18-15-17(11-12-19(18)23(24)25)26-20-10-5-4-8-16(20)9-6-7-13-21/h4-5,8,10-12,15,22H,2-3,6-7,9,13-14H2,1H3. The third-order valence-electron chi connectivity index (χ3n) is 4.04. The molecule has 0 aliphatic heterocycles. The van der Waals surface area contributed by atoms with Crippen LogP contribution in [0.4, 0.5) is 15.8 Å². The molecule has 0 spiro atoms. The first-order valence-corrected chi connectivity index (χ1v) is 8.99. The lowest BCUT2D eigenvalue weighted by Gasteiger charge is -2.13. The van der Waals surface area contributed by atoms with Crippen molar-refractivity contribution in [3.05, 3.63) is 58.1 Å². The van der Waals surface area contributed by atoms with Gasteiger partial charge in [-0.1, -0.05) is 31.5 Å². The van der Waals surface area contributed by atoms with Crippen molar-refractivity contribution < 1.29 is 14.1 Å². The van der Waals surface area contributed by atoms with Crippen molar-refractivity contribution in [3.8, 4) is 11.5 Å². The highest BCUT2D eigenvalue weighted by Gasteiger charge is 2.15. The molecule has 5 nitrogen and oxygen atoms in total. The fourth-order valence-corrected chi connectivity index (χ4v) is 2.63. The predicted octanol–water partition coefficient (Wildman–Crippen LogP) is 5.89. The minimum absolute atomic E-state index is 0.0321. The van der Waals surface area contributed by atoms with Crippen molar-refractivity contribution in [2.45, 2.75) is 39.0 Å². The van der Waals surface area contributed by atoms with Crippen molar-refractivity contribution in [2.24, 2.45) is 0 Å². The molecule has 0 radical (unpaired) electrons. The number of hydrogen-bond donors (Lipinski definition) is 1. The van der Waals surface area contributed by atoms with Crippen LogP contribution in [0.15, 0.2) is 42.5 Å². The summed E-state index contributed by atoms with van der Waals surface area (Å²) in [6.07, 6.45) is 3.94. The maximum absolute atomic E-state index is 12.3. The summed E-state index contributed by atoms with van der Waals surface area (Å²) in [4.78, 5) is 10.8. The molecular weight excluding hydrogens is 335 g/mol. The smallest absolute Gasteiger partial charge is 0.292 e. The molecule has 0 aliphatic rings. The molecule has 0 aromatic heterocycles. The van der Waals surface area contributed by atoms with Crippen molar-refractivity contribution in [2.75, 3.05) is 18.5 Å². The van der Waals surface area contributed by atoms with Gasteiger partial charge in [-0.25, -0.2) is 0 Å². The number of nitrogens with one attached hydrogen (secondary N) is 1. The molecule has 2 aromatic rings. The third kappa shape index (κ3) is 5.72. The zero-order valence-corrected chi connectivity index (χ0v) is 15.0. The van der Waals surface area contributed by atoms with E-state index >= 15 is 0 Å². The van der Waals surface area contributed by atoms with Crippen LogP contribution in [0.25, 0.3) is 0 Å². The first kappa shape index (κ1) is 19.7. The Balaban J connectivity index is 2.18. The summed E-state index contributed by atoms with van der Waals surface area (Å²) >= 11 is 0. The largest absolute Gasteiger partial charge is 0.457 e. The molecule has 2 rings (SSSR count). The minimum Gasteiger partial charge on any atom is -0.457 e. The summed E-state index contributed by atoms with van der Waals surface area (Å²) in [5.41, 5.74) is 1.49. The molecular formula is C20H25FN2O3. The van der Waals surface area contributed by atoms with Crippen LogP contribution in [-0.2, 0) is 6.42 Å². The number of halogens is 1. The average molecular weight is 360 g/mol. The summed E-state index contributed by atoms with van der Waals surface area (Å²) in [6.45, 7) is 2.41. The Hall–Kier alpha value is -2.63. The van der Waals surface area contributed by atoms with Gasteiger partial charge in [-0.15, -0.1) is 0 Å². The zero-order valence-electron chi connectivity index (χ0n) is 15.0. The number of nitro benzene ring substituents is 1. The number of benzene rings is 2. The number of nitro groups is 1. The van der Waals surface area contributed by atoms with E-state index in [1.165, 1.54) is 6.07 Å². The van der Waals surface area contributed by atoms with Gasteiger partial charge < -0.3 is 10.1 Å². The van der Waals surface area contributed by atoms with Crippen molar-refractivity contribution in [1.82, 2.24) is 0 Å². The van der Waals surface area contributed by atoms with E-state index in [0.29, 0.717) is 30.2 Å². The Morgan fingerprint density at radius 3 is 2.69 bits per heavy atom. The molecule has 0 heterocycles. The molecule has 26 heavy (non-hydrogen) atoms. The van der Waals surface area contributed by atoms with E-state index in [1.54, 1.807) is 12.1 Å². The van der Waals surface area contributed by atoms with Crippen molar-refractivity contribution >= 4 is 11.4 Å². The topological polar surface area (TPSA) is 64.4 Å². The number of unbranched alkanes of at least 4 members (excludes halogenated alkanes) is 2. The second kappa shape index (κ2) is 10.4. The normalized spacial score (nSPS) is 10.5. The lowest BCUT2D eigenvalue weighted by molar-refractivity contribution is -0.384. The van der Waals surface area contributed by atoms with Crippen molar-refractivity contribution in [1.29, 1.82) is 0 Å². The Bertz CT molecular complexity index is 722. The molecule has 6 heteroatoms. The van der Waals surface area contributed by atoms with Gasteiger partial charge in [-0.05, 0) is 43.4 Å². The van der Waals surface area contributed by atoms with Crippen LogP contribution < -0.4 is 10.1 Å². The first-order chi connectivity index (χ1) is 12.7. The molecule has 0 unspecified atom stereocenters. The molecule has 0 aliphatic carbocycles. The number of hydrogen-bond acceptors (Lipinski definition) is 4. The fraction of sp³-hybridized carbons (Fsp3) is 0.400. The molecule has 0 atom stereocenters. The molecule has 0 amide bonds. The molecule has 140 valence electrons. The van der Waals surface area contributed by atoms with Gasteiger partial charge in [0.1, 0.15) is 17.2 Å². The van der Waals surface area contributed by atoms with E-state index in [4.69, 9.17) is 4.74 Å². The summed E-state index contributed by atoms with van der Waals surface area (Å²) in [5, 5.41) is 14.3. The van der Waals surface area contributed by atoms with Crippen LogP contribution in [-0.4, -0.2) is 18.1 Å². The number of nitrogens with zero attached hydrogens (tertiary/aromatic N) is 1. The summed E-state index contributed by atoms with van der Waals surface area (Å²) in [6, 6.07) is 12.3. The van der Waals surface area contributed by atoms with E-state index in [9.17, 15) is 14.5 Å². The second-order valence-electron chi connectivity index (χ2n) is 6.07. The Morgan fingerprint density at radius 1 is 1.15 bits per heavy atom.